The summed E-state index contributed by atoms with van der Waals surface area (Å²) in [5, 5.41) is 11.5. The van der Waals surface area contributed by atoms with Crippen LogP contribution in [0.25, 0.3) is 0 Å². The molecule has 0 saturated heterocycles. The third kappa shape index (κ3) is 2.51. The van der Waals surface area contributed by atoms with Gasteiger partial charge in [-0.15, -0.1) is 0 Å². The van der Waals surface area contributed by atoms with E-state index in [0.717, 1.165) is 24.3 Å². The Bertz CT molecular complexity index is 852. The van der Waals surface area contributed by atoms with E-state index in [2.05, 4.69) is 0 Å². The summed E-state index contributed by atoms with van der Waals surface area (Å²) in [4.78, 5) is 9.36. The van der Waals surface area contributed by atoms with Crippen molar-refractivity contribution in [1.29, 1.82) is 0 Å². The van der Waals surface area contributed by atoms with Crippen molar-refractivity contribution in [1.82, 2.24) is 0 Å². The van der Waals surface area contributed by atoms with Gasteiger partial charge in [-0.3, -0.25) is 10.1 Å². The lowest BCUT2D eigenvalue weighted by atomic mass is 10.4. The molecular weight excluding hydrogens is 342 g/mol. The van der Waals surface area contributed by atoms with Gasteiger partial charge < -0.3 is 0 Å². The summed E-state index contributed by atoms with van der Waals surface area (Å²) in [5.41, 5.74) is 0. The molecule has 0 aliphatic heterocycles. The van der Waals surface area contributed by atoms with Gasteiger partial charge in [0.2, 0.25) is 0 Å². The molecule has 0 radical (unpaired) electrons. The van der Waals surface area contributed by atoms with E-state index in [9.17, 15) is 26.9 Å². The molecule has 0 unspecified atom stereocenters. The summed E-state index contributed by atoms with van der Waals surface area (Å²) in [5.74, 6) is 0. The van der Waals surface area contributed by atoms with E-state index in [4.69, 9.17) is 0 Å². The molecule has 7 nitrogen and oxygen atoms in total. The van der Waals surface area contributed by atoms with Crippen molar-refractivity contribution in [2.45, 2.75) is 20.9 Å². The van der Waals surface area contributed by atoms with Crippen molar-refractivity contribution in [3.63, 3.8) is 0 Å². The highest BCUT2D eigenvalue weighted by molar-refractivity contribution is 8.10. The van der Waals surface area contributed by atoms with E-state index in [1.54, 1.807) is 0 Å². The van der Waals surface area contributed by atoms with Crippen LogP contribution in [-0.2, 0) is 19.7 Å². The number of benzene rings is 2. The number of sulfone groups is 2. The molecule has 0 heterocycles. The third-order valence-electron chi connectivity index (χ3n) is 3.44. The summed E-state index contributed by atoms with van der Waals surface area (Å²) in [7, 11) is -9.59. The largest absolute Gasteiger partial charge is 0.420 e. The molecule has 0 bridgehead atoms. The smallest absolute Gasteiger partial charge is 0.262 e. The summed E-state index contributed by atoms with van der Waals surface area (Å²) in [6.45, 7) is 0.595. The lowest BCUT2D eigenvalue weighted by Gasteiger charge is -2.21. The van der Waals surface area contributed by atoms with Crippen LogP contribution in [0.2, 0.25) is 0 Å². The summed E-state index contributed by atoms with van der Waals surface area (Å²) >= 11 is 0. The van der Waals surface area contributed by atoms with E-state index in [0.29, 0.717) is 6.92 Å². The van der Waals surface area contributed by atoms with Gasteiger partial charge in [-0.05, 0) is 24.3 Å². The second-order valence-electron chi connectivity index (χ2n) is 4.79. The van der Waals surface area contributed by atoms with Crippen LogP contribution in [0, 0.1) is 10.1 Å². The van der Waals surface area contributed by atoms with Crippen LogP contribution < -0.4 is 0 Å². The van der Waals surface area contributed by atoms with Gasteiger partial charge in [0, 0.05) is 6.92 Å². The van der Waals surface area contributed by atoms with Gasteiger partial charge in [0.25, 0.3) is 19.7 Å². The molecule has 0 aliphatic carbocycles. The van der Waals surface area contributed by atoms with Crippen LogP contribution in [-0.4, -0.2) is 26.0 Å². The Labute approximate surface area is 133 Å². The van der Waals surface area contributed by atoms with Crippen molar-refractivity contribution in [3.05, 3.63) is 70.8 Å². The lowest BCUT2D eigenvalue weighted by Crippen LogP contribution is -2.50. The first-order valence-corrected chi connectivity index (χ1v) is 9.36. The highest BCUT2D eigenvalue weighted by Gasteiger charge is 2.63. The van der Waals surface area contributed by atoms with E-state index < -0.39 is 38.6 Å². The van der Waals surface area contributed by atoms with Crippen LogP contribution in [0.1, 0.15) is 6.92 Å². The van der Waals surface area contributed by atoms with Crippen LogP contribution in [0.15, 0.2) is 70.5 Å². The summed E-state index contributed by atoms with van der Waals surface area (Å²) < 4.78 is 47.5. The SMILES string of the molecule is CC([N+](=O)[O-])(S(=O)(=O)c1ccccc1)S(=O)(=O)c1ccccc1. The normalized spacial score (nSPS) is 12.7. The summed E-state index contributed by atoms with van der Waals surface area (Å²) in [6.07, 6.45) is 0. The second-order valence-corrected chi connectivity index (χ2v) is 9.59. The number of hydrogen-bond donors (Lipinski definition) is 0. The van der Waals surface area contributed by atoms with Gasteiger partial charge in [-0.25, -0.2) is 16.8 Å². The minimum Gasteiger partial charge on any atom is -0.262 e. The molecule has 0 saturated carbocycles. The van der Waals surface area contributed by atoms with Crippen molar-refractivity contribution < 1.29 is 21.8 Å². The number of rotatable bonds is 5. The fourth-order valence-electron chi connectivity index (χ4n) is 1.98. The minimum absolute atomic E-state index is 0.432. The zero-order valence-corrected chi connectivity index (χ0v) is 13.6. The fourth-order valence-corrected chi connectivity index (χ4v) is 6.01. The third-order valence-corrected chi connectivity index (χ3v) is 8.83. The van der Waals surface area contributed by atoms with Crippen LogP contribution in [0.4, 0.5) is 0 Å². The van der Waals surface area contributed by atoms with Gasteiger partial charge in [0.05, 0.1) is 14.7 Å². The molecule has 0 aliphatic rings. The maximum Gasteiger partial charge on any atom is 0.420 e. The molecule has 0 amide bonds. The Hall–Kier alpha value is -2.26. The molecule has 0 aromatic heterocycles. The Kier molecular flexibility index (Phi) is 4.27. The van der Waals surface area contributed by atoms with Crippen molar-refractivity contribution in [2.75, 3.05) is 0 Å². The molecule has 0 spiro atoms. The lowest BCUT2D eigenvalue weighted by molar-refractivity contribution is -0.509. The van der Waals surface area contributed by atoms with E-state index in [1.807, 2.05) is 0 Å². The molecule has 23 heavy (non-hydrogen) atoms. The predicted molar refractivity (Wildman–Crippen MR) is 82.7 cm³/mol. The zero-order chi connectivity index (χ0) is 17.3. The molecule has 0 N–H and O–H groups in total. The fraction of sp³-hybridized carbons (Fsp3) is 0.143. The highest BCUT2D eigenvalue weighted by Crippen LogP contribution is 2.35. The standard InChI is InChI=1S/C14H13NO6S2/c1-14(15(16)17,22(18,19)12-8-4-2-5-9-12)23(20,21)13-10-6-3-7-11-13/h2-11H,1H3. The molecule has 2 aromatic carbocycles. The first-order valence-electron chi connectivity index (χ1n) is 6.39. The van der Waals surface area contributed by atoms with E-state index >= 15 is 0 Å². The minimum atomic E-state index is -4.79. The van der Waals surface area contributed by atoms with Crippen LogP contribution in [0.5, 0.6) is 0 Å². The molecule has 0 atom stereocenters. The predicted octanol–water partition coefficient (Wildman–Crippen LogP) is 1.88. The zero-order valence-electron chi connectivity index (χ0n) is 12.0. The van der Waals surface area contributed by atoms with Crippen molar-refractivity contribution in [2.24, 2.45) is 0 Å². The maximum absolute atomic E-state index is 12.7. The van der Waals surface area contributed by atoms with Crippen molar-refractivity contribution >= 4 is 19.7 Å². The second kappa shape index (κ2) is 5.74. The number of nitro groups is 1. The molecule has 2 aromatic rings. The molecule has 122 valence electrons. The maximum atomic E-state index is 12.7. The molecule has 0 fully saturated rings. The average Bonchev–Trinajstić information content (AvgIpc) is 2.55. The van der Waals surface area contributed by atoms with Gasteiger partial charge in [0.15, 0.2) is 0 Å². The van der Waals surface area contributed by atoms with Crippen LogP contribution >= 0.6 is 0 Å². The van der Waals surface area contributed by atoms with Crippen molar-refractivity contribution in [3.8, 4) is 0 Å². The van der Waals surface area contributed by atoms with Gasteiger partial charge >= 0.3 is 4.20 Å². The van der Waals surface area contributed by atoms with Gasteiger partial charge in [-0.2, -0.15) is 0 Å². The average molecular weight is 355 g/mol. The Morgan fingerprint density at radius 2 is 1.09 bits per heavy atom. The molecule has 2 rings (SSSR count). The van der Waals surface area contributed by atoms with Gasteiger partial charge in [-0.1, -0.05) is 36.4 Å². The molecular formula is C14H13NO6S2. The molecule has 9 heteroatoms. The van der Waals surface area contributed by atoms with Crippen LogP contribution in [0.3, 0.4) is 0 Å². The first kappa shape index (κ1) is 17.1. The monoisotopic (exact) mass is 355 g/mol. The van der Waals surface area contributed by atoms with E-state index in [1.165, 1.54) is 36.4 Å². The number of nitrogens with zero attached hydrogens (tertiary/aromatic N) is 1. The van der Waals surface area contributed by atoms with E-state index in [-0.39, 0.29) is 0 Å². The highest BCUT2D eigenvalue weighted by atomic mass is 32.3. The Balaban J connectivity index is 2.79. The first-order chi connectivity index (χ1) is 10.7. The topological polar surface area (TPSA) is 111 Å². The quantitative estimate of drug-likeness (QED) is 0.598. The Morgan fingerprint density at radius 3 is 1.35 bits per heavy atom. The number of hydrogen-bond acceptors (Lipinski definition) is 6. The summed E-state index contributed by atoms with van der Waals surface area (Å²) in [6, 6.07) is 13.0. The van der Waals surface area contributed by atoms with Gasteiger partial charge in [0.1, 0.15) is 0 Å². The Morgan fingerprint density at radius 1 is 0.783 bits per heavy atom.